The van der Waals surface area contributed by atoms with E-state index in [1.165, 1.54) is 0 Å². The molecule has 0 radical (unpaired) electrons. The lowest BCUT2D eigenvalue weighted by atomic mass is 10.2. The van der Waals surface area contributed by atoms with E-state index in [1.807, 2.05) is 0 Å². The van der Waals surface area contributed by atoms with Crippen molar-refractivity contribution in [3.05, 3.63) is 0 Å². The third-order valence-electron chi connectivity index (χ3n) is 1.94. The first-order chi connectivity index (χ1) is 8.72. The third kappa shape index (κ3) is 7.15. The molecule has 0 saturated carbocycles. The van der Waals surface area contributed by atoms with Crippen molar-refractivity contribution in [3.8, 4) is 0 Å². The lowest BCUT2D eigenvalue weighted by Crippen LogP contribution is -2.37. The second-order valence-corrected chi connectivity index (χ2v) is 6.11. The molecule has 110 valence electrons. The van der Waals surface area contributed by atoms with E-state index in [0.29, 0.717) is 0 Å². The molecule has 0 N–H and O–H groups in total. The van der Waals surface area contributed by atoms with Gasteiger partial charge in [0, 0.05) is 0 Å². The van der Waals surface area contributed by atoms with Crippen LogP contribution in [0.1, 0.15) is 34.1 Å². The fourth-order valence-electron chi connectivity index (χ4n) is 1.05. The second kappa shape index (κ2) is 8.14. The number of halogens is 1. The van der Waals surface area contributed by atoms with Crippen molar-refractivity contribution in [1.82, 2.24) is 0 Å². The monoisotopic (exact) mass is 338 g/mol. The Balaban J connectivity index is 4.72. The van der Waals surface area contributed by atoms with E-state index >= 15 is 0 Å². The Labute approximate surface area is 120 Å². The summed E-state index contributed by atoms with van der Waals surface area (Å²) in [5.74, 6) is -2.05. The zero-order valence-electron chi connectivity index (χ0n) is 11.5. The SMILES string of the molecule is CCOC(=O)C[C@H](OC(=O)C(C)(C)Br)C(=O)OCC. The Bertz CT molecular complexity index is 334. The maximum atomic E-state index is 11.7. The smallest absolute Gasteiger partial charge is 0.348 e. The molecule has 0 aliphatic rings. The van der Waals surface area contributed by atoms with Gasteiger partial charge in [-0.15, -0.1) is 0 Å². The van der Waals surface area contributed by atoms with Gasteiger partial charge in [-0.3, -0.25) is 9.59 Å². The highest BCUT2D eigenvalue weighted by molar-refractivity contribution is 9.10. The zero-order chi connectivity index (χ0) is 15.1. The number of hydrogen-bond donors (Lipinski definition) is 0. The fraction of sp³-hybridized carbons (Fsp3) is 0.750. The van der Waals surface area contributed by atoms with Crippen molar-refractivity contribution in [2.24, 2.45) is 0 Å². The quantitative estimate of drug-likeness (QED) is 0.398. The van der Waals surface area contributed by atoms with Gasteiger partial charge in [0.25, 0.3) is 0 Å². The number of alkyl halides is 1. The molecule has 0 fully saturated rings. The highest BCUT2D eigenvalue weighted by atomic mass is 79.9. The Morgan fingerprint density at radius 3 is 2.05 bits per heavy atom. The van der Waals surface area contributed by atoms with Crippen molar-refractivity contribution in [1.29, 1.82) is 0 Å². The van der Waals surface area contributed by atoms with Gasteiger partial charge in [0.15, 0.2) is 0 Å². The molecule has 0 unspecified atom stereocenters. The van der Waals surface area contributed by atoms with E-state index in [0.717, 1.165) is 0 Å². The van der Waals surface area contributed by atoms with E-state index in [1.54, 1.807) is 27.7 Å². The summed E-state index contributed by atoms with van der Waals surface area (Å²) in [7, 11) is 0. The molecule has 0 aromatic heterocycles. The van der Waals surface area contributed by atoms with Crippen LogP contribution in [0.2, 0.25) is 0 Å². The van der Waals surface area contributed by atoms with Gasteiger partial charge >= 0.3 is 17.9 Å². The molecule has 0 aliphatic carbocycles. The topological polar surface area (TPSA) is 78.9 Å². The number of ether oxygens (including phenoxy) is 3. The van der Waals surface area contributed by atoms with Crippen LogP contribution in [-0.2, 0) is 28.6 Å². The molecule has 6 nitrogen and oxygen atoms in total. The minimum atomic E-state index is -1.29. The van der Waals surface area contributed by atoms with Crippen molar-refractivity contribution in [3.63, 3.8) is 0 Å². The first kappa shape index (κ1) is 17.9. The van der Waals surface area contributed by atoms with Gasteiger partial charge in [-0.05, 0) is 27.7 Å². The average molecular weight is 339 g/mol. The maximum absolute atomic E-state index is 11.7. The molecule has 0 heterocycles. The normalized spacial score (nSPS) is 12.5. The van der Waals surface area contributed by atoms with Gasteiger partial charge in [0.05, 0.1) is 19.6 Å². The van der Waals surface area contributed by atoms with Gasteiger partial charge in [-0.1, -0.05) is 15.9 Å². The number of hydrogen-bond acceptors (Lipinski definition) is 6. The summed E-state index contributed by atoms with van der Waals surface area (Å²) in [6.45, 7) is 6.73. The van der Waals surface area contributed by atoms with Crippen molar-refractivity contribution in [2.45, 2.75) is 44.5 Å². The van der Waals surface area contributed by atoms with Gasteiger partial charge in [-0.25, -0.2) is 4.79 Å². The van der Waals surface area contributed by atoms with Crippen molar-refractivity contribution in [2.75, 3.05) is 13.2 Å². The van der Waals surface area contributed by atoms with Crippen LogP contribution in [0.4, 0.5) is 0 Å². The van der Waals surface area contributed by atoms with E-state index in [-0.39, 0.29) is 19.6 Å². The molecule has 0 amide bonds. The van der Waals surface area contributed by atoms with E-state index in [4.69, 9.17) is 14.2 Å². The van der Waals surface area contributed by atoms with Crippen LogP contribution in [0.3, 0.4) is 0 Å². The molecule has 0 aliphatic heterocycles. The van der Waals surface area contributed by atoms with Crippen molar-refractivity contribution < 1.29 is 28.6 Å². The van der Waals surface area contributed by atoms with Crippen LogP contribution in [0.5, 0.6) is 0 Å². The maximum Gasteiger partial charge on any atom is 0.348 e. The molecule has 0 spiro atoms. The first-order valence-corrected chi connectivity index (χ1v) is 6.73. The second-order valence-electron chi connectivity index (χ2n) is 4.13. The molecule has 7 heteroatoms. The van der Waals surface area contributed by atoms with Gasteiger partial charge in [-0.2, -0.15) is 0 Å². The van der Waals surface area contributed by atoms with Gasteiger partial charge in [0.1, 0.15) is 4.32 Å². The largest absolute Gasteiger partial charge is 0.466 e. The summed E-state index contributed by atoms with van der Waals surface area (Å²) in [5.41, 5.74) is 0. The van der Waals surface area contributed by atoms with E-state index in [2.05, 4.69) is 15.9 Å². The standard InChI is InChI=1S/C12H19BrO6/c1-5-17-9(14)7-8(10(15)18-6-2)19-11(16)12(3,4)13/h8H,5-7H2,1-4H3/t8-/m0/s1. The highest BCUT2D eigenvalue weighted by Crippen LogP contribution is 2.19. The Morgan fingerprint density at radius 2 is 1.63 bits per heavy atom. The molecule has 0 bridgehead atoms. The van der Waals surface area contributed by atoms with Gasteiger partial charge < -0.3 is 14.2 Å². The summed E-state index contributed by atoms with van der Waals surface area (Å²) < 4.78 is 13.5. The number of rotatable bonds is 7. The van der Waals surface area contributed by atoms with Crippen LogP contribution < -0.4 is 0 Å². The summed E-state index contributed by atoms with van der Waals surface area (Å²) >= 11 is 3.11. The molecular formula is C12H19BrO6. The minimum Gasteiger partial charge on any atom is -0.466 e. The number of carbonyl (C=O) groups excluding carboxylic acids is 3. The van der Waals surface area contributed by atoms with Crippen LogP contribution in [-0.4, -0.2) is 41.5 Å². The lowest BCUT2D eigenvalue weighted by Gasteiger charge is -2.20. The van der Waals surface area contributed by atoms with Crippen molar-refractivity contribution >= 4 is 33.8 Å². The molecule has 1 atom stereocenters. The third-order valence-corrected chi connectivity index (χ3v) is 2.27. The Hall–Kier alpha value is -1.11. The fourth-order valence-corrected chi connectivity index (χ4v) is 1.14. The van der Waals surface area contributed by atoms with Crippen LogP contribution >= 0.6 is 15.9 Å². The summed E-state index contributed by atoms with van der Waals surface area (Å²) in [5, 5.41) is 0. The molecule has 0 aromatic rings. The summed E-state index contributed by atoms with van der Waals surface area (Å²) in [6, 6.07) is 0. The predicted molar refractivity (Wildman–Crippen MR) is 70.8 cm³/mol. The Morgan fingerprint density at radius 1 is 1.11 bits per heavy atom. The molecule has 0 aromatic carbocycles. The first-order valence-electron chi connectivity index (χ1n) is 5.94. The van der Waals surface area contributed by atoms with Gasteiger partial charge in [0.2, 0.25) is 6.10 Å². The highest BCUT2D eigenvalue weighted by Gasteiger charge is 2.33. The van der Waals surface area contributed by atoms with E-state index in [9.17, 15) is 14.4 Å². The summed E-state index contributed by atoms with van der Waals surface area (Å²) in [4.78, 5) is 34.7. The minimum absolute atomic E-state index is 0.132. The van der Waals surface area contributed by atoms with E-state index < -0.39 is 28.3 Å². The molecule has 0 rings (SSSR count). The Kier molecular flexibility index (Phi) is 7.66. The van der Waals surface area contributed by atoms with Crippen LogP contribution in [0.15, 0.2) is 0 Å². The summed E-state index contributed by atoms with van der Waals surface area (Å²) in [6.07, 6.45) is -1.65. The molecular weight excluding hydrogens is 320 g/mol. The molecule has 19 heavy (non-hydrogen) atoms. The van der Waals surface area contributed by atoms with Crippen LogP contribution in [0, 0.1) is 0 Å². The number of esters is 3. The molecule has 0 saturated heterocycles. The van der Waals surface area contributed by atoms with Crippen LogP contribution in [0.25, 0.3) is 0 Å². The zero-order valence-corrected chi connectivity index (χ0v) is 13.1. The number of carbonyl (C=O) groups is 3. The lowest BCUT2D eigenvalue weighted by molar-refractivity contribution is -0.172. The predicted octanol–water partition coefficient (Wildman–Crippen LogP) is 1.59. The average Bonchev–Trinajstić information content (AvgIpc) is 2.27.